The van der Waals surface area contributed by atoms with Gasteiger partial charge in [-0.15, -0.1) is 11.3 Å². The number of rotatable bonds is 3. The summed E-state index contributed by atoms with van der Waals surface area (Å²) in [7, 11) is 0. The van der Waals surface area contributed by atoms with Gasteiger partial charge in [-0.25, -0.2) is 9.78 Å². The van der Waals surface area contributed by atoms with Gasteiger partial charge >= 0.3 is 5.97 Å². The van der Waals surface area contributed by atoms with Crippen molar-refractivity contribution in [3.63, 3.8) is 0 Å². The fourth-order valence-corrected chi connectivity index (χ4v) is 4.61. The van der Waals surface area contributed by atoms with Crippen molar-refractivity contribution in [2.75, 3.05) is 0 Å². The molecule has 148 valence electrons. The van der Waals surface area contributed by atoms with Crippen LogP contribution >= 0.6 is 11.3 Å². The molecule has 0 aliphatic carbocycles. The Bertz CT molecular complexity index is 1340. The Labute approximate surface area is 171 Å². The highest BCUT2D eigenvalue weighted by Crippen LogP contribution is 2.28. The number of fused-ring (bicyclic) bond motifs is 2. The van der Waals surface area contributed by atoms with Crippen LogP contribution in [-0.4, -0.2) is 20.9 Å². The average molecular weight is 407 g/mol. The molecule has 1 N–H and O–H groups in total. The van der Waals surface area contributed by atoms with Gasteiger partial charge in [0.2, 0.25) is 0 Å². The second-order valence-electron chi connectivity index (χ2n) is 7.18. The van der Waals surface area contributed by atoms with Gasteiger partial charge in [0.25, 0.3) is 5.56 Å². The topological polar surface area (TPSA) is 84.9 Å². The van der Waals surface area contributed by atoms with Crippen LogP contribution in [-0.2, 0) is 4.74 Å². The van der Waals surface area contributed by atoms with Gasteiger partial charge in [-0.05, 0) is 51.8 Å². The SMILES string of the molecule is Cc1nc2ccccc2c(C)c1C(=O)O[C@@H](C)c1nc2sc(C)c(C)c2c(=O)[nH]1. The zero-order valence-electron chi connectivity index (χ0n) is 16.9. The normalized spacial score (nSPS) is 12.4. The minimum absolute atomic E-state index is 0.213. The Balaban J connectivity index is 1.70. The van der Waals surface area contributed by atoms with E-state index < -0.39 is 12.1 Å². The molecule has 29 heavy (non-hydrogen) atoms. The number of hydrogen-bond donors (Lipinski definition) is 1. The summed E-state index contributed by atoms with van der Waals surface area (Å²) in [5, 5.41) is 1.51. The number of carbonyl (C=O) groups excluding carboxylic acids is 1. The van der Waals surface area contributed by atoms with E-state index in [0.29, 0.717) is 27.3 Å². The third kappa shape index (κ3) is 3.21. The molecule has 4 rings (SSSR count). The van der Waals surface area contributed by atoms with Crippen LogP contribution in [0.5, 0.6) is 0 Å². The zero-order chi connectivity index (χ0) is 20.9. The molecular formula is C22H21N3O3S. The standard InChI is InChI=1S/C22H21N3O3S/c1-10-14(5)29-21-18(10)20(26)24-19(25-21)13(4)28-22(27)17-11(2)15-8-6-7-9-16(15)23-12(17)3/h6-9,13H,1-5H3,(H,24,25,26)/t13-/m0/s1. The summed E-state index contributed by atoms with van der Waals surface area (Å²) in [6.07, 6.45) is -0.701. The van der Waals surface area contributed by atoms with Crippen molar-refractivity contribution in [3.05, 3.63) is 67.7 Å². The molecule has 0 radical (unpaired) electrons. The average Bonchev–Trinajstić information content (AvgIpc) is 2.96. The number of aromatic nitrogens is 3. The molecule has 3 heterocycles. The number of aromatic amines is 1. The summed E-state index contributed by atoms with van der Waals surface area (Å²) in [5.41, 5.74) is 3.44. The van der Waals surface area contributed by atoms with Crippen LogP contribution in [0.3, 0.4) is 0 Å². The van der Waals surface area contributed by atoms with Crippen molar-refractivity contribution >= 4 is 38.4 Å². The van der Waals surface area contributed by atoms with Gasteiger partial charge in [0.05, 0.1) is 22.2 Å². The van der Waals surface area contributed by atoms with E-state index >= 15 is 0 Å². The number of aryl methyl sites for hydroxylation is 4. The van der Waals surface area contributed by atoms with Crippen molar-refractivity contribution in [1.82, 2.24) is 15.0 Å². The molecular weight excluding hydrogens is 386 g/mol. The number of hydrogen-bond acceptors (Lipinski definition) is 6. The van der Waals surface area contributed by atoms with Crippen molar-refractivity contribution < 1.29 is 9.53 Å². The summed E-state index contributed by atoms with van der Waals surface area (Å²) in [4.78, 5) is 39.0. The molecule has 0 amide bonds. The van der Waals surface area contributed by atoms with Crippen LogP contribution in [0.1, 0.15) is 50.9 Å². The quantitative estimate of drug-likeness (QED) is 0.498. The fourth-order valence-electron chi connectivity index (χ4n) is 3.57. The molecule has 0 saturated carbocycles. The lowest BCUT2D eigenvalue weighted by Gasteiger charge is -2.16. The van der Waals surface area contributed by atoms with Gasteiger partial charge in [-0.2, -0.15) is 0 Å². The maximum absolute atomic E-state index is 12.9. The van der Waals surface area contributed by atoms with Gasteiger partial charge in [-0.3, -0.25) is 9.78 Å². The summed E-state index contributed by atoms with van der Waals surface area (Å²) >= 11 is 1.46. The van der Waals surface area contributed by atoms with Gasteiger partial charge in [0.1, 0.15) is 4.83 Å². The first-order chi connectivity index (χ1) is 13.8. The van der Waals surface area contributed by atoms with Gasteiger partial charge < -0.3 is 9.72 Å². The number of para-hydroxylation sites is 1. The highest BCUT2D eigenvalue weighted by Gasteiger charge is 2.22. The van der Waals surface area contributed by atoms with Crippen LogP contribution < -0.4 is 5.56 Å². The van der Waals surface area contributed by atoms with Crippen molar-refractivity contribution in [1.29, 1.82) is 0 Å². The number of nitrogens with one attached hydrogen (secondary N) is 1. The highest BCUT2D eigenvalue weighted by atomic mass is 32.1. The number of nitrogens with zero attached hydrogens (tertiary/aromatic N) is 2. The van der Waals surface area contributed by atoms with Crippen LogP contribution in [0.25, 0.3) is 21.1 Å². The Morgan fingerprint density at radius 2 is 1.83 bits per heavy atom. The molecule has 0 aliphatic heterocycles. The smallest absolute Gasteiger partial charge is 0.340 e. The molecule has 0 fully saturated rings. The summed E-state index contributed by atoms with van der Waals surface area (Å²) in [5.74, 6) is -0.145. The van der Waals surface area contributed by atoms with E-state index in [9.17, 15) is 9.59 Å². The van der Waals surface area contributed by atoms with E-state index in [1.165, 1.54) is 11.3 Å². The number of ether oxygens (including phenoxy) is 1. The molecule has 4 aromatic rings. The Morgan fingerprint density at radius 1 is 1.10 bits per heavy atom. The van der Waals surface area contributed by atoms with Crippen LogP contribution in [0.15, 0.2) is 29.1 Å². The van der Waals surface area contributed by atoms with E-state index in [-0.39, 0.29) is 5.56 Å². The molecule has 1 atom stereocenters. The Kier molecular flexibility index (Phi) is 4.70. The van der Waals surface area contributed by atoms with Crippen molar-refractivity contribution in [2.24, 2.45) is 0 Å². The van der Waals surface area contributed by atoms with E-state index in [2.05, 4.69) is 15.0 Å². The second-order valence-corrected chi connectivity index (χ2v) is 8.38. The molecule has 3 aromatic heterocycles. The molecule has 0 aliphatic rings. The first kappa shape index (κ1) is 19.3. The van der Waals surface area contributed by atoms with E-state index in [1.54, 1.807) is 13.8 Å². The Hall–Kier alpha value is -3.06. The second kappa shape index (κ2) is 7.08. The lowest BCUT2D eigenvalue weighted by atomic mass is 10.0. The third-order valence-electron chi connectivity index (χ3n) is 5.26. The minimum Gasteiger partial charge on any atom is -0.451 e. The van der Waals surface area contributed by atoms with Gasteiger partial charge in [0.15, 0.2) is 11.9 Å². The predicted molar refractivity (Wildman–Crippen MR) is 115 cm³/mol. The molecule has 0 unspecified atom stereocenters. The molecule has 0 saturated heterocycles. The fraction of sp³-hybridized carbons (Fsp3) is 0.273. The Morgan fingerprint density at radius 3 is 2.59 bits per heavy atom. The number of benzene rings is 1. The van der Waals surface area contributed by atoms with Crippen LogP contribution in [0.2, 0.25) is 0 Å². The molecule has 7 heteroatoms. The van der Waals surface area contributed by atoms with E-state index in [1.807, 2.05) is 45.0 Å². The van der Waals surface area contributed by atoms with E-state index in [4.69, 9.17) is 4.74 Å². The first-order valence-electron chi connectivity index (χ1n) is 9.34. The molecule has 6 nitrogen and oxygen atoms in total. The predicted octanol–water partition coefficient (Wildman–Crippen LogP) is 4.68. The summed E-state index contributed by atoms with van der Waals surface area (Å²) in [6.45, 7) is 9.26. The number of esters is 1. The molecule has 0 spiro atoms. The molecule has 0 bridgehead atoms. The maximum atomic E-state index is 12.9. The minimum atomic E-state index is -0.701. The van der Waals surface area contributed by atoms with E-state index in [0.717, 1.165) is 26.9 Å². The first-order valence-corrected chi connectivity index (χ1v) is 10.2. The lowest BCUT2D eigenvalue weighted by molar-refractivity contribution is 0.0318. The number of pyridine rings is 1. The maximum Gasteiger partial charge on any atom is 0.340 e. The third-order valence-corrected chi connectivity index (χ3v) is 6.36. The summed E-state index contributed by atoms with van der Waals surface area (Å²) in [6, 6.07) is 7.69. The molecule has 1 aromatic carbocycles. The van der Waals surface area contributed by atoms with Crippen LogP contribution in [0, 0.1) is 27.7 Å². The number of carbonyl (C=O) groups is 1. The van der Waals surface area contributed by atoms with Crippen LogP contribution in [0.4, 0.5) is 0 Å². The highest BCUT2D eigenvalue weighted by molar-refractivity contribution is 7.18. The summed E-state index contributed by atoms with van der Waals surface area (Å²) < 4.78 is 5.67. The number of H-pyrrole nitrogens is 1. The largest absolute Gasteiger partial charge is 0.451 e. The van der Waals surface area contributed by atoms with Gasteiger partial charge in [0, 0.05) is 10.3 Å². The van der Waals surface area contributed by atoms with Gasteiger partial charge in [-0.1, -0.05) is 18.2 Å². The monoisotopic (exact) mass is 407 g/mol. The lowest BCUT2D eigenvalue weighted by Crippen LogP contribution is -2.18. The zero-order valence-corrected chi connectivity index (χ0v) is 17.7. The van der Waals surface area contributed by atoms with Crippen molar-refractivity contribution in [3.8, 4) is 0 Å². The number of thiophene rings is 1. The van der Waals surface area contributed by atoms with Crippen molar-refractivity contribution in [2.45, 2.75) is 40.7 Å².